The van der Waals surface area contributed by atoms with Crippen LogP contribution in [0.1, 0.15) is 30.6 Å². The highest BCUT2D eigenvalue weighted by molar-refractivity contribution is 14.0. The number of piperazine rings is 1. The second-order valence-corrected chi connectivity index (χ2v) is 7.79. The number of carbonyl (C=O) groups excluding carboxylic acids is 1. The third-order valence-electron chi connectivity index (χ3n) is 4.65. The normalized spacial score (nSPS) is 18.3. The van der Waals surface area contributed by atoms with E-state index < -0.39 is 0 Å². The van der Waals surface area contributed by atoms with Gasteiger partial charge in [0.1, 0.15) is 0 Å². The quantitative estimate of drug-likeness (QED) is 0.266. The highest BCUT2D eigenvalue weighted by Crippen LogP contribution is 2.18. The molecule has 146 valence electrons. The number of carbonyl (C=O) groups is 1. The molecule has 2 fully saturated rings. The SMILES string of the molecule is CN=C(NCCCC(=O)NC1CC1)N1CCN(Cc2cccs2)CC1.I. The number of aliphatic imine (C=N–C) groups is 1. The Morgan fingerprint density at radius 2 is 2.08 bits per heavy atom. The van der Waals surface area contributed by atoms with Crippen LogP contribution in [0.4, 0.5) is 0 Å². The van der Waals surface area contributed by atoms with Gasteiger partial charge in [-0.25, -0.2) is 0 Å². The third kappa shape index (κ3) is 7.03. The Balaban J connectivity index is 0.00000243. The lowest BCUT2D eigenvalue weighted by Gasteiger charge is -2.36. The molecule has 0 bridgehead atoms. The van der Waals surface area contributed by atoms with Crippen molar-refractivity contribution in [3.63, 3.8) is 0 Å². The summed E-state index contributed by atoms with van der Waals surface area (Å²) in [5.74, 6) is 1.14. The lowest BCUT2D eigenvalue weighted by Crippen LogP contribution is -2.52. The molecule has 0 atom stereocenters. The number of hydrogen-bond acceptors (Lipinski definition) is 4. The first-order chi connectivity index (χ1) is 12.2. The van der Waals surface area contributed by atoms with Crippen molar-refractivity contribution in [3.05, 3.63) is 22.4 Å². The zero-order valence-electron chi connectivity index (χ0n) is 15.4. The van der Waals surface area contributed by atoms with E-state index >= 15 is 0 Å². The summed E-state index contributed by atoms with van der Waals surface area (Å²) in [4.78, 5) is 22.3. The van der Waals surface area contributed by atoms with Crippen molar-refractivity contribution in [2.45, 2.75) is 38.3 Å². The zero-order chi connectivity index (χ0) is 17.5. The Kier molecular flexibility index (Phi) is 9.13. The van der Waals surface area contributed by atoms with E-state index in [2.05, 4.69) is 42.9 Å². The number of guanidine groups is 1. The molecule has 8 heteroatoms. The van der Waals surface area contributed by atoms with Gasteiger partial charge in [-0.2, -0.15) is 0 Å². The monoisotopic (exact) mass is 491 g/mol. The summed E-state index contributed by atoms with van der Waals surface area (Å²) in [5.41, 5.74) is 0. The first kappa shape index (κ1) is 21.4. The molecule has 1 amide bonds. The van der Waals surface area contributed by atoms with Gasteiger partial charge in [0, 0.05) is 63.7 Å². The van der Waals surface area contributed by atoms with Crippen LogP contribution in [0, 0.1) is 0 Å². The third-order valence-corrected chi connectivity index (χ3v) is 5.51. The van der Waals surface area contributed by atoms with Gasteiger partial charge in [-0.05, 0) is 30.7 Å². The molecule has 1 aromatic heterocycles. The minimum absolute atomic E-state index is 0. The van der Waals surface area contributed by atoms with E-state index in [0.29, 0.717) is 12.5 Å². The molecule has 1 aliphatic carbocycles. The molecule has 1 aromatic rings. The van der Waals surface area contributed by atoms with Gasteiger partial charge in [-0.3, -0.25) is 14.7 Å². The lowest BCUT2D eigenvalue weighted by atomic mass is 10.3. The minimum atomic E-state index is 0. The molecule has 26 heavy (non-hydrogen) atoms. The molecule has 3 rings (SSSR count). The van der Waals surface area contributed by atoms with Gasteiger partial charge in [-0.15, -0.1) is 35.3 Å². The van der Waals surface area contributed by atoms with Crippen molar-refractivity contribution < 1.29 is 4.79 Å². The van der Waals surface area contributed by atoms with Crippen LogP contribution in [-0.4, -0.2) is 67.5 Å². The first-order valence-corrected chi connectivity index (χ1v) is 10.1. The number of halogens is 1. The highest BCUT2D eigenvalue weighted by atomic mass is 127. The van der Waals surface area contributed by atoms with Gasteiger partial charge in [0.05, 0.1) is 0 Å². The molecule has 0 radical (unpaired) electrons. The second-order valence-electron chi connectivity index (χ2n) is 6.76. The van der Waals surface area contributed by atoms with E-state index in [9.17, 15) is 4.79 Å². The summed E-state index contributed by atoms with van der Waals surface area (Å²) < 4.78 is 0. The van der Waals surface area contributed by atoms with E-state index in [0.717, 1.165) is 64.5 Å². The number of nitrogens with zero attached hydrogens (tertiary/aromatic N) is 3. The number of hydrogen-bond donors (Lipinski definition) is 2. The maximum Gasteiger partial charge on any atom is 0.220 e. The van der Waals surface area contributed by atoms with Crippen LogP contribution in [0.15, 0.2) is 22.5 Å². The lowest BCUT2D eigenvalue weighted by molar-refractivity contribution is -0.121. The smallest absolute Gasteiger partial charge is 0.220 e. The van der Waals surface area contributed by atoms with E-state index in [1.54, 1.807) is 0 Å². The Labute approximate surface area is 177 Å². The largest absolute Gasteiger partial charge is 0.356 e. The van der Waals surface area contributed by atoms with E-state index in [1.165, 1.54) is 4.88 Å². The topological polar surface area (TPSA) is 60.0 Å². The van der Waals surface area contributed by atoms with Gasteiger partial charge >= 0.3 is 0 Å². The van der Waals surface area contributed by atoms with Crippen LogP contribution in [0.2, 0.25) is 0 Å². The Morgan fingerprint density at radius 1 is 1.31 bits per heavy atom. The maximum atomic E-state index is 11.7. The van der Waals surface area contributed by atoms with Crippen molar-refractivity contribution in [3.8, 4) is 0 Å². The zero-order valence-corrected chi connectivity index (χ0v) is 18.6. The second kappa shape index (κ2) is 11.1. The molecule has 2 N–H and O–H groups in total. The molecule has 2 aliphatic rings. The van der Waals surface area contributed by atoms with Crippen molar-refractivity contribution in [1.82, 2.24) is 20.4 Å². The van der Waals surface area contributed by atoms with Gasteiger partial charge in [0.25, 0.3) is 0 Å². The highest BCUT2D eigenvalue weighted by Gasteiger charge is 2.23. The summed E-state index contributed by atoms with van der Waals surface area (Å²) in [5, 5.41) is 8.57. The standard InChI is InChI=1S/C18H29N5OS.HI/c1-19-18(20-8-2-5-17(24)21-15-6-7-15)23-11-9-22(10-12-23)14-16-4-3-13-25-16;/h3-4,13,15H,2,5-12,14H2,1H3,(H,19,20)(H,21,24);1H. The first-order valence-electron chi connectivity index (χ1n) is 9.24. The molecule has 1 aliphatic heterocycles. The number of amides is 1. The average Bonchev–Trinajstić information content (AvgIpc) is 3.28. The Hall–Kier alpha value is -0.870. The predicted octanol–water partition coefficient (Wildman–Crippen LogP) is 2.12. The van der Waals surface area contributed by atoms with Crippen molar-refractivity contribution in [1.29, 1.82) is 0 Å². The molecule has 6 nitrogen and oxygen atoms in total. The maximum absolute atomic E-state index is 11.7. The van der Waals surface area contributed by atoms with E-state index in [4.69, 9.17) is 0 Å². The molecule has 1 saturated heterocycles. The summed E-state index contributed by atoms with van der Waals surface area (Å²) in [6.45, 7) is 5.94. The van der Waals surface area contributed by atoms with Crippen molar-refractivity contribution >= 4 is 47.2 Å². The van der Waals surface area contributed by atoms with Crippen LogP contribution < -0.4 is 10.6 Å². The van der Waals surface area contributed by atoms with Gasteiger partial charge < -0.3 is 15.5 Å². The molecule has 1 saturated carbocycles. The molecule has 0 spiro atoms. The summed E-state index contributed by atoms with van der Waals surface area (Å²) in [6.07, 6.45) is 3.73. The average molecular weight is 491 g/mol. The van der Waals surface area contributed by atoms with Crippen LogP contribution in [-0.2, 0) is 11.3 Å². The number of rotatable bonds is 7. The summed E-state index contributed by atoms with van der Waals surface area (Å²) >= 11 is 1.83. The molecule has 2 heterocycles. The molecular weight excluding hydrogens is 461 g/mol. The Morgan fingerprint density at radius 3 is 2.69 bits per heavy atom. The Bertz CT molecular complexity index is 568. The van der Waals surface area contributed by atoms with Crippen LogP contribution in [0.5, 0.6) is 0 Å². The van der Waals surface area contributed by atoms with Gasteiger partial charge in [0.2, 0.25) is 5.91 Å². The van der Waals surface area contributed by atoms with Crippen LogP contribution in [0.3, 0.4) is 0 Å². The van der Waals surface area contributed by atoms with Gasteiger partial charge in [0.15, 0.2) is 5.96 Å². The molecule has 0 unspecified atom stereocenters. The van der Waals surface area contributed by atoms with Gasteiger partial charge in [-0.1, -0.05) is 6.07 Å². The van der Waals surface area contributed by atoms with Crippen LogP contribution >= 0.6 is 35.3 Å². The minimum Gasteiger partial charge on any atom is -0.356 e. The van der Waals surface area contributed by atoms with Crippen molar-refractivity contribution in [2.24, 2.45) is 4.99 Å². The van der Waals surface area contributed by atoms with Crippen LogP contribution in [0.25, 0.3) is 0 Å². The molecule has 0 aromatic carbocycles. The molecular formula is C18H30IN5OS. The summed E-state index contributed by atoms with van der Waals surface area (Å²) in [7, 11) is 1.83. The fourth-order valence-corrected chi connectivity index (χ4v) is 3.80. The number of thiophene rings is 1. The van der Waals surface area contributed by atoms with E-state index in [-0.39, 0.29) is 29.9 Å². The fourth-order valence-electron chi connectivity index (χ4n) is 3.05. The number of nitrogens with one attached hydrogen (secondary N) is 2. The fraction of sp³-hybridized carbons (Fsp3) is 0.667. The van der Waals surface area contributed by atoms with Crippen molar-refractivity contribution in [2.75, 3.05) is 39.8 Å². The van der Waals surface area contributed by atoms with E-state index in [1.807, 2.05) is 18.4 Å². The summed E-state index contributed by atoms with van der Waals surface area (Å²) in [6, 6.07) is 4.78. The predicted molar refractivity (Wildman–Crippen MR) is 118 cm³/mol.